The molecule has 0 aliphatic carbocycles. The summed E-state index contributed by atoms with van der Waals surface area (Å²) >= 11 is 0. The molecule has 0 saturated carbocycles. The van der Waals surface area contributed by atoms with Crippen molar-refractivity contribution in [1.82, 2.24) is 4.98 Å². The lowest BCUT2D eigenvalue weighted by Crippen LogP contribution is -2.44. The van der Waals surface area contributed by atoms with Crippen molar-refractivity contribution in [2.45, 2.75) is 60.0 Å². The van der Waals surface area contributed by atoms with Crippen LogP contribution in [0.4, 0.5) is 5.69 Å². The number of anilines is 1. The molecule has 0 aliphatic rings. The molecule has 130 valence electrons. The summed E-state index contributed by atoms with van der Waals surface area (Å²) in [5.74, 6) is 0.797. The number of ether oxygens (including phenoxy) is 2. The summed E-state index contributed by atoms with van der Waals surface area (Å²) < 4.78 is 11.2. The molecule has 5 nitrogen and oxygen atoms in total. The molecule has 0 aliphatic heterocycles. The number of aromatic nitrogens is 1. The lowest BCUT2D eigenvalue weighted by molar-refractivity contribution is -0.141. The number of nitrogens with zero attached hydrogens (tertiary/aromatic N) is 1. The van der Waals surface area contributed by atoms with Crippen molar-refractivity contribution in [3.05, 3.63) is 17.8 Å². The second-order valence-electron chi connectivity index (χ2n) is 6.35. The number of amides is 1. The lowest BCUT2D eigenvalue weighted by atomic mass is 9.93. The van der Waals surface area contributed by atoms with Gasteiger partial charge in [-0.25, -0.2) is 4.98 Å². The number of carbonyl (C=O) groups is 1. The minimum Gasteiger partial charge on any atom is -0.478 e. The molecule has 1 aromatic heterocycles. The first-order chi connectivity index (χ1) is 10.8. The molecule has 1 atom stereocenters. The highest BCUT2D eigenvalue weighted by molar-refractivity contribution is 5.97. The maximum atomic E-state index is 12.7. The number of carbonyl (C=O) groups excluding carboxylic acids is 1. The fraction of sp³-hybridized carbons (Fsp3) is 0.667. The Hall–Kier alpha value is -1.62. The van der Waals surface area contributed by atoms with Gasteiger partial charge in [0, 0.05) is 12.7 Å². The fourth-order valence-electron chi connectivity index (χ4n) is 2.48. The van der Waals surface area contributed by atoms with Gasteiger partial charge in [0.05, 0.1) is 18.0 Å². The summed E-state index contributed by atoms with van der Waals surface area (Å²) in [6.07, 6.45) is 1.55. The predicted molar refractivity (Wildman–Crippen MR) is 92.9 cm³/mol. The van der Waals surface area contributed by atoms with Gasteiger partial charge in [0.1, 0.15) is 5.60 Å². The third-order valence-electron chi connectivity index (χ3n) is 3.50. The molecule has 0 saturated heterocycles. The molecule has 0 spiro atoms. The zero-order chi connectivity index (χ0) is 17.5. The van der Waals surface area contributed by atoms with Crippen molar-refractivity contribution in [3.8, 4) is 5.88 Å². The molecule has 0 radical (unpaired) electrons. The molecule has 1 aromatic rings. The molecular formula is C18H30N2O3. The number of aryl methyl sites for hydroxylation is 1. The van der Waals surface area contributed by atoms with Crippen LogP contribution in [0.1, 0.15) is 53.2 Å². The van der Waals surface area contributed by atoms with E-state index in [1.807, 2.05) is 33.8 Å². The van der Waals surface area contributed by atoms with Gasteiger partial charge in [-0.15, -0.1) is 0 Å². The van der Waals surface area contributed by atoms with E-state index in [0.717, 1.165) is 12.1 Å². The summed E-state index contributed by atoms with van der Waals surface area (Å²) in [4.78, 5) is 17.1. The van der Waals surface area contributed by atoms with Crippen LogP contribution in [0.2, 0.25) is 0 Å². The van der Waals surface area contributed by atoms with Gasteiger partial charge in [-0.2, -0.15) is 0 Å². The second-order valence-corrected chi connectivity index (χ2v) is 6.35. The highest BCUT2D eigenvalue weighted by Gasteiger charge is 2.35. The van der Waals surface area contributed by atoms with Crippen LogP contribution in [0, 0.1) is 12.8 Å². The Kier molecular flexibility index (Phi) is 7.49. The molecule has 5 heteroatoms. The van der Waals surface area contributed by atoms with E-state index >= 15 is 0 Å². The average Bonchev–Trinajstić information content (AvgIpc) is 2.47. The second kappa shape index (κ2) is 8.87. The SMILES string of the molecule is CCCO[C@@](C)(CC(C)C)C(=O)Nc1ccc(OCC)nc1C. The van der Waals surface area contributed by atoms with Crippen molar-refractivity contribution in [1.29, 1.82) is 0 Å². The number of pyridine rings is 1. The molecule has 1 heterocycles. The van der Waals surface area contributed by atoms with Crippen LogP contribution in [-0.2, 0) is 9.53 Å². The molecule has 23 heavy (non-hydrogen) atoms. The van der Waals surface area contributed by atoms with Crippen molar-refractivity contribution >= 4 is 11.6 Å². The monoisotopic (exact) mass is 322 g/mol. The van der Waals surface area contributed by atoms with Gasteiger partial charge in [-0.1, -0.05) is 20.8 Å². The van der Waals surface area contributed by atoms with E-state index in [2.05, 4.69) is 24.1 Å². The molecule has 1 amide bonds. The molecule has 0 fully saturated rings. The minimum atomic E-state index is -0.838. The van der Waals surface area contributed by atoms with Crippen LogP contribution < -0.4 is 10.1 Å². The van der Waals surface area contributed by atoms with E-state index < -0.39 is 5.60 Å². The van der Waals surface area contributed by atoms with Crippen LogP contribution in [0.5, 0.6) is 5.88 Å². The van der Waals surface area contributed by atoms with E-state index in [9.17, 15) is 4.79 Å². The Morgan fingerprint density at radius 3 is 2.57 bits per heavy atom. The van der Waals surface area contributed by atoms with Gasteiger partial charge in [-0.05, 0) is 45.6 Å². The number of rotatable bonds is 9. The first kappa shape index (κ1) is 19.4. The van der Waals surface area contributed by atoms with E-state index in [1.54, 1.807) is 6.07 Å². The van der Waals surface area contributed by atoms with Gasteiger partial charge in [-0.3, -0.25) is 4.79 Å². The molecule has 0 unspecified atom stereocenters. The topological polar surface area (TPSA) is 60.5 Å². The normalized spacial score (nSPS) is 13.7. The first-order valence-corrected chi connectivity index (χ1v) is 8.38. The summed E-state index contributed by atoms with van der Waals surface area (Å²) in [6, 6.07) is 3.58. The maximum absolute atomic E-state index is 12.7. The third kappa shape index (κ3) is 5.82. The number of hydrogen-bond donors (Lipinski definition) is 1. The van der Waals surface area contributed by atoms with Crippen molar-refractivity contribution in [3.63, 3.8) is 0 Å². The van der Waals surface area contributed by atoms with Crippen molar-refractivity contribution in [2.24, 2.45) is 5.92 Å². The highest BCUT2D eigenvalue weighted by atomic mass is 16.5. The van der Waals surface area contributed by atoms with E-state index in [4.69, 9.17) is 9.47 Å². The van der Waals surface area contributed by atoms with E-state index in [-0.39, 0.29) is 5.91 Å². The molecule has 0 bridgehead atoms. The third-order valence-corrected chi connectivity index (χ3v) is 3.50. The molecule has 0 aromatic carbocycles. The Balaban J connectivity index is 2.89. The molecular weight excluding hydrogens is 292 g/mol. The zero-order valence-corrected chi connectivity index (χ0v) is 15.2. The van der Waals surface area contributed by atoms with Crippen LogP contribution >= 0.6 is 0 Å². The summed E-state index contributed by atoms with van der Waals surface area (Å²) in [5.41, 5.74) is 0.579. The van der Waals surface area contributed by atoms with Crippen molar-refractivity contribution < 1.29 is 14.3 Å². The predicted octanol–water partition coefficient (Wildman–Crippen LogP) is 3.96. The van der Waals surface area contributed by atoms with E-state index in [1.165, 1.54) is 0 Å². The summed E-state index contributed by atoms with van der Waals surface area (Å²) in [6.45, 7) is 13.0. The standard InChI is InChI=1S/C18H30N2O3/c1-7-11-23-18(6,12-13(3)4)17(21)20-15-9-10-16(22-8-2)19-14(15)5/h9-10,13H,7-8,11-12H2,1-6H3,(H,20,21)/t18-/m0/s1. The Bertz CT molecular complexity index is 517. The van der Waals surface area contributed by atoms with Crippen LogP contribution in [0.3, 0.4) is 0 Å². The van der Waals surface area contributed by atoms with Crippen LogP contribution in [-0.4, -0.2) is 29.7 Å². The summed E-state index contributed by atoms with van der Waals surface area (Å²) in [5, 5.41) is 2.95. The van der Waals surface area contributed by atoms with Gasteiger partial charge in [0.25, 0.3) is 5.91 Å². The van der Waals surface area contributed by atoms with Gasteiger partial charge in [0.2, 0.25) is 5.88 Å². The van der Waals surface area contributed by atoms with Gasteiger partial charge < -0.3 is 14.8 Å². The van der Waals surface area contributed by atoms with Gasteiger partial charge in [0.15, 0.2) is 0 Å². The average molecular weight is 322 g/mol. The van der Waals surface area contributed by atoms with E-state index in [0.29, 0.717) is 37.1 Å². The quantitative estimate of drug-likeness (QED) is 0.747. The van der Waals surface area contributed by atoms with Gasteiger partial charge >= 0.3 is 0 Å². The van der Waals surface area contributed by atoms with Crippen LogP contribution in [0.15, 0.2) is 12.1 Å². The fourth-order valence-corrected chi connectivity index (χ4v) is 2.48. The summed E-state index contributed by atoms with van der Waals surface area (Å²) in [7, 11) is 0. The molecule has 1 N–H and O–H groups in total. The Morgan fingerprint density at radius 1 is 1.35 bits per heavy atom. The Morgan fingerprint density at radius 2 is 2.04 bits per heavy atom. The Labute approximate surface area is 139 Å². The minimum absolute atomic E-state index is 0.131. The lowest BCUT2D eigenvalue weighted by Gasteiger charge is -2.30. The molecule has 1 rings (SSSR count). The number of hydrogen-bond acceptors (Lipinski definition) is 4. The maximum Gasteiger partial charge on any atom is 0.256 e. The number of nitrogens with one attached hydrogen (secondary N) is 1. The zero-order valence-electron chi connectivity index (χ0n) is 15.2. The van der Waals surface area contributed by atoms with Crippen LogP contribution in [0.25, 0.3) is 0 Å². The largest absolute Gasteiger partial charge is 0.478 e. The first-order valence-electron chi connectivity index (χ1n) is 8.38. The smallest absolute Gasteiger partial charge is 0.256 e. The highest BCUT2D eigenvalue weighted by Crippen LogP contribution is 2.25. The van der Waals surface area contributed by atoms with Crippen molar-refractivity contribution in [2.75, 3.05) is 18.5 Å².